The number of fused-ring (bicyclic) bond motifs is 2. The number of nitrogens with zero attached hydrogens (tertiary/aromatic N) is 4. The first kappa shape index (κ1) is 35.0. The molecule has 5 aromatic rings. The molecule has 0 radical (unpaired) electrons. The Labute approximate surface area is 312 Å². The van der Waals surface area contributed by atoms with Crippen LogP contribution in [0.2, 0.25) is 0 Å². The van der Waals surface area contributed by atoms with E-state index in [9.17, 15) is 0 Å². The zero-order valence-corrected chi connectivity index (χ0v) is 31.5. The van der Waals surface area contributed by atoms with Crippen LogP contribution in [0.4, 0.5) is 8.78 Å². The molecule has 4 heterocycles. The Morgan fingerprint density at radius 3 is 1.15 bits per heavy atom. The first-order valence-corrected chi connectivity index (χ1v) is 21.5. The number of halogens is 2. The average Bonchev–Trinajstić information content (AvgIpc) is 3.99. The maximum absolute atomic E-state index is 15.6. The van der Waals surface area contributed by atoms with Gasteiger partial charge in [0.2, 0.25) is 11.8 Å². The van der Waals surface area contributed by atoms with Crippen molar-refractivity contribution in [1.29, 1.82) is 0 Å². The van der Waals surface area contributed by atoms with Crippen molar-refractivity contribution < 1.29 is 27.6 Å². The molecule has 0 saturated carbocycles. The van der Waals surface area contributed by atoms with Gasteiger partial charge in [-0.1, -0.05) is 121 Å². The molecule has 12 heteroatoms. The van der Waals surface area contributed by atoms with Crippen molar-refractivity contribution in [3.63, 3.8) is 0 Å². The summed E-state index contributed by atoms with van der Waals surface area (Å²) in [6, 6.07) is 39.6. The Kier molecular flexibility index (Phi) is 8.40. The van der Waals surface area contributed by atoms with Crippen LogP contribution in [0.3, 0.4) is 0 Å². The Bertz CT molecular complexity index is 2150. The monoisotopic (exact) mass is 762 g/mol. The van der Waals surface area contributed by atoms with Crippen molar-refractivity contribution in [2.45, 2.75) is 62.4 Å². The maximum Gasteiger partial charge on any atom is 0.243 e. The molecule has 0 aliphatic carbocycles. The highest BCUT2D eigenvalue weighted by molar-refractivity contribution is 7.80. The van der Waals surface area contributed by atoms with Crippen LogP contribution in [0, 0.1) is 11.6 Å². The molecule has 274 valence electrons. The van der Waals surface area contributed by atoms with Gasteiger partial charge in [-0.3, -0.25) is 0 Å². The summed E-state index contributed by atoms with van der Waals surface area (Å²) in [5.74, 6) is -2.08. The van der Waals surface area contributed by atoms with Crippen molar-refractivity contribution in [2.75, 3.05) is 0 Å². The van der Waals surface area contributed by atoms with E-state index in [4.69, 9.17) is 19.7 Å². The molecule has 0 spiro atoms. The Hall–Kier alpha value is -4.72. The van der Waals surface area contributed by atoms with E-state index in [1.807, 2.05) is 135 Å². The zero-order chi connectivity index (χ0) is 37.3. The summed E-state index contributed by atoms with van der Waals surface area (Å²) in [5, 5.41) is 4.05. The predicted molar refractivity (Wildman–Crippen MR) is 208 cm³/mol. The summed E-state index contributed by atoms with van der Waals surface area (Å²) in [5.41, 5.74) is 0.298. The largest absolute Gasteiger partial charge is 0.382 e. The Morgan fingerprint density at radius 2 is 0.852 bits per heavy atom. The number of rotatable bonds is 8. The third-order valence-electron chi connectivity index (χ3n) is 11.5. The summed E-state index contributed by atoms with van der Waals surface area (Å²) in [4.78, 5) is 22.8. The molecule has 9 rings (SSSR count). The van der Waals surface area contributed by atoms with Gasteiger partial charge in [0.05, 0.1) is 11.1 Å². The normalized spacial score (nSPS) is 25.4. The third-order valence-corrected chi connectivity index (χ3v) is 19.2. The van der Waals surface area contributed by atoms with Crippen molar-refractivity contribution in [2.24, 2.45) is 9.98 Å². The van der Waals surface area contributed by atoms with E-state index in [2.05, 4.69) is 0 Å². The molecule has 54 heavy (non-hydrogen) atoms. The Balaban J connectivity index is 1.08. The highest BCUT2D eigenvalue weighted by atomic mass is 31.2. The highest BCUT2D eigenvalue weighted by Crippen LogP contribution is 2.65. The molecule has 4 atom stereocenters. The highest BCUT2D eigenvalue weighted by Gasteiger charge is 2.62. The van der Waals surface area contributed by atoms with Gasteiger partial charge in [0.25, 0.3) is 0 Å². The fourth-order valence-electron chi connectivity index (χ4n) is 8.65. The number of hydrogen-bond donors (Lipinski definition) is 0. The second-order valence-electron chi connectivity index (χ2n) is 14.5. The second-order valence-corrected chi connectivity index (χ2v) is 21.0. The van der Waals surface area contributed by atoms with Gasteiger partial charge >= 0.3 is 0 Å². The molecule has 8 nitrogen and oxygen atoms in total. The lowest BCUT2D eigenvalue weighted by atomic mass is 10.1. The summed E-state index contributed by atoms with van der Waals surface area (Å²) < 4.78 is 61.6. The van der Waals surface area contributed by atoms with Gasteiger partial charge in [0.15, 0.2) is 25.9 Å². The van der Waals surface area contributed by atoms with E-state index in [0.29, 0.717) is 46.9 Å². The van der Waals surface area contributed by atoms with Crippen LogP contribution >= 0.6 is 14.3 Å². The van der Waals surface area contributed by atoms with Gasteiger partial charge in [-0.05, 0) is 51.7 Å². The van der Waals surface area contributed by atoms with Crippen molar-refractivity contribution >= 4 is 47.3 Å². The van der Waals surface area contributed by atoms with Crippen LogP contribution in [0.5, 0.6) is 0 Å². The summed E-state index contributed by atoms with van der Waals surface area (Å²) in [6.07, 6.45) is 1.06. The molecular weight excluding hydrogens is 724 g/mol. The van der Waals surface area contributed by atoms with E-state index in [0.717, 1.165) is 12.1 Å². The van der Waals surface area contributed by atoms with Crippen LogP contribution in [0.1, 0.15) is 50.7 Å². The zero-order valence-electron chi connectivity index (χ0n) is 29.8. The molecular formula is C42H38F2N4O4P2. The van der Waals surface area contributed by atoms with Gasteiger partial charge in [-0.25, -0.2) is 18.8 Å². The smallest absolute Gasteiger partial charge is 0.243 e. The minimum absolute atomic E-state index is 0.0489. The first-order valence-electron chi connectivity index (χ1n) is 18.1. The van der Waals surface area contributed by atoms with Crippen LogP contribution in [-0.4, -0.2) is 44.8 Å². The number of benzene rings is 5. The molecule has 4 aliphatic rings. The van der Waals surface area contributed by atoms with E-state index < -0.39 is 48.8 Å². The molecule has 0 bridgehead atoms. The molecule has 0 aromatic heterocycles. The second kappa shape index (κ2) is 13.0. The number of aliphatic imine (C=N–C) groups is 2. The quantitative estimate of drug-likeness (QED) is 0.151. The fraction of sp³-hybridized carbons (Fsp3) is 0.238. The Morgan fingerprint density at radius 1 is 0.556 bits per heavy atom. The van der Waals surface area contributed by atoms with Crippen LogP contribution < -0.4 is 21.2 Å². The van der Waals surface area contributed by atoms with Crippen LogP contribution in [0.25, 0.3) is 0 Å². The first-order chi connectivity index (χ1) is 26.1. The third kappa shape index (κ3) is 5.07. The van der Waals surface area contributed by atoms with Gasteiger partial charge in [-0.15, -0.1) is 10.1 Å². The fourth-order valence-corrected chi connectivity index (χ4v) is 15.6. The molecule has 5 aromatic carbocycles. The molecule has 2 fully saturated rings. The van der Waals surface area contributed by atoms with Crippen molar-refractivity contribution in [3.8, 4) is 0 Å². The van der Waals surface area contributed by atoms with E-state index >= 15 is 17.9 Å². The van der Waals surface area contributed by atoms with Gasteiger partial charge in [0.1, 0.15) is 22.9 Å². The summed E-state index contributed by atoms with van der Waals surface area (Å²) >= 11 is 0. The van der Waals surface area contributed by atoms with E-state index in [1.54, 1.807) is 10.1 Å². The molecule has 2 saturated heterocycles. The topological polar surface area (TPSA) is 83.8 Å². The lowest BCUT2D eigenvalue weighted by molar-refractivity contribution is -0.103. The SMILES string of the molecule is CC1(P(=O)(c2ccccc2)c2ccccc2)CCC2N=C(c3cc(F)c(F)cc3C3=NC4CCC(C)(P(=O)(c5ccccc5)c5ccccc5)N4O3)ON21. The number of hydrogen-bond acceptors (Lipinski definition) is 8. The summed E-state index contributed by atoms with van der Waals surface area (Å²) in [7, 11) is -6.81. The minimum atomic E-state index is -3.40. The summed E-state index contributed by atoms with van der Waals surface area (Å²) in [6.45, 7) is 3.85. The average molecular weight is 763 g/mol. The minimum Gasteiger partial charge on any atom is -0.382 e. The lowest BCUT2D eigenvalue weighted by Crippen LogP contribution is -2.47. The molecule has 0 N–H and O–H groups in total. The van der Waals surface area contributed by atoms with Gasteiger partial charge in [0, 0.05) is 21.2 Å². The van der Waals surface area contributed by atoms with Gasteiger partial charge < -0.3 is 18.8 Å². The van der Waals surface area contributed by atoms with Crippen molar-refractivity contribution in [3.05, 3.63) is 156 Å². The van der Waals surface area contributed by atoms with Crippen molar-refractivity contribution in [1.82, 2.24) is 10.1 Å². The maximum atomic E-state index is 15.6. The molecule has 4 aliphatic heterocycles. The lowest BCUT2D eigenvalue weighted by Gasteiger charge is -2.40. The standard InChI is InChI=1S/C42H38F2N4O4P2/c1-41(53(49,29-15-7-3-8-16-29)30-17-9-4-10-18-30)25-23-37-45-39(51-47(37)41)33-27-35(43)36(44)28-34(33)40-46-38-24-26-42(2,48(38)52-40)54(50,31-19-11-5-12-20-31)32-21-13-6-14-22-32/h3-22,27-28,37-38H,23-26H2,1-2H3. The van der Waals surface area contributed by atoms with Crippen LogP contribution in [-0.2, 0) is 18.8 Å². The van der Waals surface area contributed by atoms with Gasteiger partial charge in [-0.2, -0.15) is 0 Å². The van der Waals surface area contributed by atoms with Crippen LogP contribution in [0.15, 0.2) is 143 Å². The number of hydroxylamine groups is 4. The molecule has 0 amide bonds. The van der Waals surface area contributed by atoms with E-state index in [1.165, 1.54) is 0 Å². The predicted octanol–water partition coefficient (Wildman–Crippen LogP) is 7.65. The van der Waals surface area contributed by atoms with E-state index in [-0.39, 0.29) is 22.9 Å². The molecule has 4 unspecified atom stereocenters.